The molecular formula is C87H144O17P2. The molecule has 0 aliphatic rings. The highest BCUT2D eigenvalue weighted by molar-refractivity contribution is 7.47. The zero-order chi connectivity index (χ0) is 77.4. The van der Waals surface area contributed by atoms with Gasteiger partial charge in [-0.2, -0.15) is 0 Å². The number of hydrogen-bond acceptors (Lipinski definition) is 15. The van der Waals surface area contributed by atoms with Crippen LogP contribution in [0.2, 0.25) is 0 Å². The summed E-state index contributed by atoms with van der Waals surface area (Å²) in [6.07, 6.45) is 91.0. The van der Waals surface area contributed by atoms with Crippen LogP contribution >= 0.6 is 15.6 Å². The molecule has 0 amide bonds. The van der Waals surface area contributed by atoms with E-state index in [1.807, 2.05) is 18.2 Å². The number of allylic oxidation sites excluding steroid dienone is 25. The van der Waals surface area contributed by atoms with E-state index in [0.29, 0.717) is 25.7 Å². The first-order chi connectivity index (χ1) is 51.7. The van der Waals surface area contributed by atoms with Crippen LogP contribution in [0.5, 0.6) is 0 Å². The average Bonchev–Trinajstić information content (AvgIpc) is 0.903. The Labute approximate surface area is 642 Å². The Kier molecular flexibility index (Phi) is 73.9. The molecule has 0 bridgehead atoms. The average molecular weight is 1520 g/mol. The van der Waals surface area contributed by atoms with Gasteiger partial charge < -0.3 is 33.8 Å². The van der Waals surface area contributed by atoms with Gasteiger partial charge in [-0.1, -0.05) is 308 Å². The summed E-state index contributed by atoms with van der Waals surface area (Å²) in [5.41, 5.74) is 0. The monoisotopic (exact) mass is 1520 g/mol. The Morgan fingerprint density at radius 2 is 0.528 bits per heavy atom. The SMILES string of the molecule is CC/C=C\C/C=C\C/C=C\C/C=C\C/C=C\CCCCCC(=O)OCC(COP(=O)(O)OCC(O)COP(=O)(O)OCC(COC(=O)C/C=C\C/C=C\C/C=C\C/C=C\C/C=C\CC)OC(=O)CCCCCCCCCCCCCCC)OC(=O)CCCCCCCC/C=C\C/C=C\C/C=C\CCCCC. The molecule has 17 nitrogen and oxygen atoms in total. The third kappa shape index (κ3) is 76.9. The highest BCUT2D eigenvalue weighted by Gasteiger charge is 2.30. The second kappa shape index (κ2) is 77.8. The van der Waals surface area contributed by atoms with E-state index in [9.17, 15) is 43.2 Å². The van der Waals surface area contributed by atoms with E-state index in [1.165, 1.54) is 70.6 Å². The lowest BCUT2D eigenvalue weighted by atomic mass is 10.0. The van der Waals surface area contributed by atoms with E-state index in [-0.39, 0.29) is 25.7 Å². The third-order valence-electron chi connectivity index (χ3n) is 16.5. The lowest BCUT2D eigenvalue weighted by molar-refractivity contribution is -0.161. The van der Waals surface area contributed by atoms with Crippen LogP contribution in [-0.2, 0) is 65.4 Å². The smallest absolute Gasteiger partial charge is 0.462 e. The highest BCUT2D eigenvalue weighted by atomic mass is 31.2. The van der Waals surface area contributed by atoms with Crippen molar-refractivity contribution < 1.29 is 80.2 Å². The van der Waals surface area contributed by atoms with E-state index in [1.54, 1.807) is 6.08 Å². The number of aliphatic hydroxyl groups excluding tert-OH is 1. The van der Waals surface area contributed by atoms with Crippen molar-refractivity contribution in [3.8, 4) is 0 Å². The van der Waals surface area contributed by atoms with Crippen molar-refractivity contribution >= 4 is 39.5 Å². The lowest BCUT2D eigenvalue weighted by Gasteiger charge is -2.21. The number of esters is 4. The van der Waals surface area contributed by atoms with E-state index in [0.717, 1.165) is 161 Å². The number of carbonyl (C=O) groups is 4. The summed E-state index contributed by atoms with van der Waals surface area (Å²) in [5, 5.41) is 10.6. The fourth-order valence-electron chi connectivity index (χ4n) is 10.4. The number of aliphatic hydroxyl groups is 1. The second-order valence-corrected chi connectivity index (χ2v) is 29.5. The van der Waals surface area contributed by atoms with Crippen LogP contribution in [0.1, 0.15) is 310 Å². The number of rotatable bonds is 75. The van der Waals surface area contributed by atoms with Gasteiger partial charge in [-0.25, -0.2) is 9.13 Å². The highest BCUT2D eigenvalue weighted by Crippen LogP contribution is 2.45. The summed E-state index contributed by atoms with van der Waals surface area (Å²) in [5.74, 6) is -2.37. The van der Waals surface area contributed by atoms with Gasteiger partial charge in [0.2, 0.25) is 0 Å². The summed E-state index contributed by atoms with van der Waals surface area (Å²) >= 11 is 0. The van der Waals surface area contributed by atoms with Crippen molar-refractivity contribution in [1.29, 1.82) is 0 Å². The molecule has 0 rings (SSSR count). The van der Waals surface area contributed by atoms with Gasteiger partial charge in [0.1, 0.15) is 19.3 Å². The summed E-state index contributed by atoms with van der Waals surface area (Å²) in [7, 11) is -10.0. The van der Waals surface area contributed by atoms with Gasteiger partial charge in [-0.3, -0.25) is 37.3 Å². The lowest BCUT2D eigenvalue weighted by Crippen LogP contribution is -2.30. The molecule has 5 unspecified atom stereocenters. The van der Waals surface area contributed by atoms with E-state index in [4.69, 9.17) is 37.0 Å². The number of unbranched alkanes of at least 4 members (excludes halogenated alkanes) is 24. The van der Waals surface area contributed by atoms with Gasteiger partial charge in [0, 0.05) is 19.3 Å². The molecule has 0 saturated carbocycles. The number of ether oxygens (including phenoxy) is 4. The molecule has 0 aliphatic heterocycles. The maximum atomic E-state index is 13.1. The van der Waals surface area contributed by atoms with Crippen LogP contribution in [0, 0.1) is 0 Å². The normalized spacial score (nSPS) is 14.7. The van der Waals surface area contributed by atoms with Gasteiger partial charge in [-0.05, 0) is 135 Å². The number of hydrogen-bond donors (Lipinski definition) is 3. The predicted octanol–water partition coefficient (Wildman–Crippen LogP) is 24.0. The predicted molar refractivity (Wildman–Crippen MR) is 436 cm³/mol. The Bertz CT molecular complexity index is 2630. The second-order valence-electron chi connectivity index (χ2n) is 26.6. The first kappa shape index (κ1) is 101. The molecule has 604 valence electrons. The largest absolute Gasteiger partial charge is 0.472 e. The van der Waals surface area contributed by atoms with Gasteiger partial charge in [0.25, 0.3) is 0 Å². The van der Waals surface area contributed by atoms with Crippen LogP contribution in [0.25, 0.3) is 0 Å². The quantitative estimate of drug-likeness (QED) is 0.0169. The molecule has 3 N–H and O–H groups in total. The molecule has 106 heavy (non-hydrogen) atoms. The number of carbonyl (C=O) groups excluding carboxylic acids is 4. The van der Waals surface area contributed by atoms with Crippen molar-refractivity contribution in [2.45, 2.75) is 329 Å². The molecule has 0 aromatic rings. The van der Waals surface area contributed by atoms with Gasteiger partial charge in [0.15, 0.2) is 12.2 Å². The Hall–Kier alpha value is -5.32. The maximum Gasteiger partial charge on any atom is 0.472 e. The van der Waals surface area contributed by atoms with Crippen molar-refractivity contribution in [1.82, 2.24) is 0 Å². The zero-order valence-corrected chi connectivity index (χ0v) is 67.8. The zero-order valence-electron chi connectivity index (χ0n) is 66.1. The van der Waals surface area contributed by atoms with E-state index < -0.39 is 97.5 Å². The van der Waals surface area contributed by atoms with Crippen molar-refractivity contribution in [2.24, 2.45) is 0 Å². The summed E-state index contributed by atoms with van der Waals surface area (Å²) in [6.45, 7) is 4.46. The maximum absolute atomic E-state index is 13.1. The minimum atomic E-state index is -5.00. The van der Waals surface area contributed by atoms with Gasteiger partial charge in [-0.15, -0.1) is 0 Å². The van der Waals surface area contributed by atoms with Gasteiger partial charge in [0.05, 0.1) is 32.8 Å². The fraction of sp³-hybridized carbons (Fsp3) is 0.655. The molecule has 0 fully saturated rings. The van der Waals surface area contributed by atoms with E-state index >= 15 is 0 Å². The molecule has 0 heterocycles. The first-order valence-electron chi connectivity index (χ1n) is 40.7. The minimum Gasteiger partial charge on any atom is -0.462 e. The standard InChI is InChI=1S/C87H144O17P2/c1-5-9-13-17-21-25-29-33-36-38-40-42-45-49-52-56-60-64-68-72-85(90)98-78-83(104-87(92)74-70-66-62-58-54-50-46-43-41-39-37-34-30-26-22-18-14-10-6-2)80-102-106(95,96)100-76-81(88)75-99-105(93,94)101-79-82(103-86(91)73-69-65-61-57-53-47-32-28-24-20-16-12-8-4)77-97-84(89)71-67-63-59-55-51-48-44-35-31-27-23-19-15-11-7-3/h9,11,13,15,21-23,25-27,33-37,40-44,49,51-52,55,63,67,81-83,88H,5-8,10,12,14,16-20,24,28-32,38-39,45-48,50,53-54,56-62,64-66,68-80H2,1-4H3,(H,93,94)(H,95,96)/b13-9-,15-11-,25-21-,26-22-,27-23-,36-33-,37-34-,42-40-,43-41-,44-35-,52-49-,55-51-,67-63-. The van der Waals surface area contributed by atoms with Crippen LogP contribution in [0.4, 0.5) is 0 Å². The van der Waals surface area contributed by atoms with Crippen LogP contribution < -0.4 is 0 Å². The minimum absolute atomic E-state index is 0.0658. The number of phosphoric acid groups is 2. The molecule has 5 atom stereocenters. The Morgan fingerprint density at radius 3 is 0.868 bits per heavy atom. The van der Waals surface area contributed by atoms with Crippen LogP contribution in [-0.4, -0.2) is 96.7 Å². The Balaban J connectivity index is 5.47. The molecule has 0 aromatic heterocycles. The summed E-state index contributed by atoms with van der Waals surface area (Å²) in [6, 6.07) is 0. The van der Waals surface area contributed by atoms with Crippen LogP contribution in [0.3, 0.4) is 0 Å². The topological polar surface area (TPSA) is 237 Å². The Morgan fingerprint density at radius 1 is 0.283 bits per heavy atom. The summed E-state index contributed by atoms with van der Waals surface area (Å²) < 4.78 is 68.5. The molecule has 0 radical (unpaired) electrons. The number of phosphoric ester groups is 2. The fourth-order valence-corrected chi connectivity index (χ4v) is 12.0. The summed E-state index contributed by atoms with van der Waals surface area (Å²) in [4.78, 5) is 73.0. The molecule has 0 saturated heterocycles. The first-order valence-corrected chi connectivity index (χ1v) is 43.7. The van der Waals surface area contributed by atoms with Crippen molar-refractivity contribution in [3.05, 3.63) is 158 Å². The van der Waals surface area contributed by atoms with Gasteiger partial charge >= 0.3 is 39.5 Å². The van der Waals surface area contributed by atoms with Crippen molar-refractivity contribution in [2.75, 3.05) is 39.6 Å². The molecule has 0 spiro atoms. The van der Waals surface area contributed by atoms with Crippen molar-refractivity contribution in [3.63, 3.8) is 0 Å². The van der Waals surface area contributed by atoms with E-state index in [2.05, 4.69) is 161 Å². The molecule has 0 aromatic carbocycles. The van der Waals surface area contributed by atoms with Crippen LogP contribution in [0.15, 0.2) is 158 Å². The molecule has 0 aliphatic carbocycles. The molecule has 19 heteroatoms. The third-order valence-corrected chi connectivity index (χ3v) is 18.4. The molecular weight excluding hydrogens is 1380 g/mol.